The first kappa shape index (κ1) is 23.2. The third-order valence-electron chi connectivity index (χ3n) is 5.67. The summed E-state index contributed by atoms with van der Waals surface area (Å²) < 4.78 is 37.9. The van der Waals surface area contributed by atoms with Crippen LogP contribution in [0.5, 0.6) is 11.5 Å². The maximum Gasteiger partial charge on any atom is 0.254 e. The minimum absolute atomic E-state index is 0.0782. The molecule has 0 unspecified atom stereocenters. The normalized spacial score (nSPS) is 13.5. The molecular formula is C26H24F2N2O4. The van der Waals surface area contributed by atoms with Gasteiger partial charge in [-0.1, -0.05) is 30.3 Å². The molecule has 3 aromatic carbocycles. The van der Waals surface area contributed by atoms with E-state index in [-0.39, 0.29) is 11.5 Å². The van der Waals surface area contributed by atoms with E-state index in [0.29, 0.717) is 49.8 Å². The third-order valence-corrected chi connectivity index (χ3v) is 5.67. The van der Waals surface area contributed by atoms with Crippen molar-refractivity contribution in [3.8, 4) is 11.5 Å². The Morgan fingerprint density at radius 3 is 1.94 bits per heavy atom. The Bertz CT molecular complexity index is 1180. The van der Waals surface area contributed by atoms with E-state index >= 15 is 0 Å². The quantitative estimate of drug-likeness (QED) is 0.548. The van der Waals surface area contributed by atoms with E-state index in [1.807, 2.05) is 30.3 Å². The van der Waals surface area contributed by atoms with Crippen LogP contribution in [0.3, 0.4) is 0 Å². The molecule has 0 aliphatic carbocycles. The van der Waals surface area contributed by atoms with Crippen molar-refractivity contribution in [1.82, 2.24) is 9.80 Å². The van der Waals surface area contributed by atoms with Crippen molar-refractivity contribution in [1.29, 1.82) is 0 Å². The van der Waals surface area contributed by atoms with Crippen molar-refractivity contribution in [2.75, 3.05) is 33.3 Å². The van der Waals surface area contributed by atoms with E-state index < -0.39 is 17.5 Å². The number of methoxy groups -OCH3 is 1. The second-order valence-corrected chi connectivity index (χ2v) is 7.85. The Balaban J connectivity index is 1.37. The molecule has 1 heterocycles. The highest BCUT2D eigenvalue weighted by Gasteiger charge is 2.26. The molecule has 0 aromatic heterocycles. The molecule has 34 heavy (non-hydrogen) atoms. The summed E-state index contributed by atoms with van der Waals surface area (Å²) in [5, 5.41) is 0. The molecule has 4 rings (SSSR count). The second-order valence-electron chi connectivity index (χ2n) is 7.85. The summed E-state index contributed by atoms with van der Waals surface area (Å²) in [4.78, 5) is 28.8. The lowest BCUT2D eigenvalue weighted by Crippen LogP contribution is -2.50. The van der Waals surface area contributed by atoms with Gasteiger partial charge in [-0.25, -0.2) is 8.78 Å². The lowest BCUT2D eigenvalue weighted by molar-refractivity contribution is 0.0535. The smallest absolute Gasteiger partial charge is 0.254 e. The first-order valence-electron chi connectivity index (χ1n) is 10.8. The Kier molecular flexibility index (Phi) is 7.06. The summed E-state index contributed by atoms with van der Waals surface area (Å²) in [5.74, 6) is -1.66. The highest BCUT2D eigenvalue weighted by atomic mass is 19.2. The minimum atomic E-state index is -1.06. The fraction of sp³-hybridized carbons (Fsp3) is 0.231. The van der Waals surface area contributed by atoms with Gasteiger partial charge >= 0.3 is 0 Å². The van der Waals surface area contributed by atoms with Crippen molar-refractivity contribution in [2.24, 2.45) is 0 Å². The van der Waals surface area contributed by atoms with Gasteiger partial charge < -0.3 is 19.3 Å². The van der Waals surface area contributed by atoms with Crippen LogP contribution in [0.15, 0.2) is 66.7 Å². The molecule has 1 saturated heterocycles. The number of carbonyl (C=O) groups is 2. The van der Waals surface area contributed by atoms with Gasteiger partial charge in [0.05, 0.1) is 7.11 Å². The van der Waals surface area contributed by atoms with E-state index in [1.54, 1.807) is 23.1 Å². The van der Waals surface area contributed by atoms with Crippen molar-refractivity contribution in [3.63, 3.8) is 0 Å². The van der Waals surface area contributed by atoms with E-state index in [1.165, 1.54) is 18.1 Å². The Labute approximate surface area is 196 Å². The van der Waals surface area contributed by atoms with E-state index in [9.17, 15) is 18.4 Å². The minimum Gasteiger partial charge on any atom is -0.493 e. The van der Waals surface area contributed by atoms with Crippen molar-refractivity contribution >= 4 is 11.8 Å². The maximum absolute atomic E-state index is 13.5. The van der Waals surface area contributed by atoms with Crippen LogP contribution < -0.4 is 9.47 Å². The number of nitrogens with zero attached hydrogens (tertiary/aromatic N) is 2. The molecule has 2 amide bonds. The Morgan fingerprint density at radius 1 is 0.765 bits per heavy atom. The topological polar surface area (TPSA) is 59.1 Å². The molecule has 6 nitrogen and oxygen atoms in total. The SMILES string of the molecule is COc1cc(C(=O)N2CCN(C(=O)c3ccc(F)c(F)c3)CC2)ccc1OCc1ccccc1. The molecule has 0 N–H and O–H groups in total. The number of piperazine rings is 1. The standard InChI is InChI=1S/C26H24F2N2O4/c1-33-24-16-20(8-10-23(24)34-17-18-5-3-2-4-6-18)26(32)30-13-11-29(12-14-30)25(31)19-7-9-21(27)22(28)15-19/h2-10,15-16H,11-14,17H2,1H3. The number of ether oxygens (including phenoxy) is 2. The summed E-state index contributed by atoms with van der Waals surface area (Å²) in [6, 6.07) is 17.8. The first-order chi connectivity index (χ1) is 16.5. The Hall–Kier alpha value is -3.94. The summed E-state index contributed by atoms with van der Waals surface area (Å²) in [6.07, 6.45) is 0. The summed E-state index contributed by atoms with van der Waals surface area (Å²) in [5.41, 5.74) is 1.54. The predicted octanol–water partition coefficient (Wildman–Crippen LogP) is 4.15. The van der Waals surface area contributed by atoms with Crippen LogP contribution in [0.25, 0.3) is 0 Å². The summed E-state index contributed by atoms with van der Waals surface area (Å²) >= 11 is 0. The van der Waals surface area contributed by atoms with Crippen LogP contribution >= 0.6 is 0 Å². The molecular weight excluding hydrogens is 442 g/mol. The van der Waals surface area contributed by atoms with Gasteiger partial charge in [-0.15, -0.1) is 0 Å². The summed E-state index contributed by atoms with van der Waals surface area (Å²) in [6.45, 7) is 1.60. The van der Waals surface area contributed by atoms with Gasteiger partial charge in [0.2, 0.25) is 0 Å². The van der Waals surface area contributed by atoms with Crippen molar-refractivity contribution < 1.29 is 27.8 Å². The Morgan fingerprint density at radius 2 is 1.35 bits per heavy atom. The molecule has 3 aromatic rings. The van der Waals surface area contributed by atoms with Crippen LogP contribution in [0, 0.1) is 11.6 Å². The third kappa shape index (κ3) is 5.17. The molecule has 8 heteroatoms. The monoisotopic (exact) mass is 466 g/mol. The molecule has 176 valence electrons. The highest BCUT2D eigenvalue weighted by Crippen LogP contribution is 2.29. The number of benzene rings is 3. The molecule has 0 spiro atoms. The zero-order chi connectivity index (χ0) is 24.1. The van der Waals surface area contributed by atoms with Crippen LogP contribution in [0.2, 0.25) is 0 Å². The van der Waals surface area contributed by atoms with Gasteiger partial charge in [-0.2, -0.15) is 0 Å². The van der Waals surface area contributed by atoms with E-state index in [4.69, 9.17) is 9.47 Å². The molecule has 0 saturated carbocycles. The molecule has 1 aliphatic rings. The maximum atomic E-state index is 13.5. The summed E-state index contributed by atoms with van der Waals surface area (Å²) in [7, 11) is 1.52. The number of hydrogen-bond acceptors (Lipinski definition) is 4. The number of halogens is 2. The van der Waals surface area contributed by atoms with Gasteiger partial charge in [-0.3, -0.25) is 9.59 Å². The molecule has 0 radical (unpaired) electrons. The number of rotatable bonds is 6. The zero-order valence-electron chi connectivity index (χ0n) is 18.7. The van der Waals surface area contributed by atoms with Crippen molar-refractivity contribution in [2.45, 2.75) is 6.61 Å². The van der Waals surface area contributed by atoms with Gasteiger partial charge in [-0.05, 0) is 42.0 Å². The highest BCUT2D eigenvalue weighted by molar-refractivity contribution is 5.96. The fourth-order valence-corrected chi connectivity index (χ4v) is 3.76. The van der Waals surface area contributed by atoms with Crippen LogP contribution in [-0.4, -0.2) is 54.9 Å². The lowest BCUT2D eigenvalue weighted by atomic mass is 10.1. The number of hydrogen-bond donors (Lipinski definition) is 0. The molecule has 0 bridgehead atoms. The van der Waals surface area contributed by atoms with E-state index in [2.05, 4.69) is 0 Å². The van der Waals surface area contributed by atoms with Gasteiger partial charge in [0.25, 0.3) is 11.8 Å². The second kappa shape index (κ2) is 10.3. The molecule has 1 fully saturated rings. The zero-order valence-corrected chi connectivity index (χ0v) is 18.7. The lowest BCUT2D eigenvalue weighted by Gasteiger charge is -2.35. The number of amides is 2. The first-order valence-corrected chi connectivity index (χ1v) is 10.8. The van der Waals surface area contributed by atoms with Crippen LogP contribution in [0.1, 0.15) is 26.3 Å². The largest absolute Gasteiger partial charge is 0.493 e. The van der Waals surface area contributed by atoms with Crippen LogP contribution in [-0.2, 0) is 6.61 Å². The average molecular weight is 466 g/mol. The molecule has 1 aliphatic heterocycles. The molecule has 0 atom stereocenters. The van der Waals surface area contributed by atoms with E-state index in [0.717, 1.165) is 17.7 Å². The average Bonchev–Trinajstić information content (AvgIpc) is 2.88. The number of carbonyl (C=O) groups excluding carboxylic acids is 2. The van der Waals surface area contributed by atoms with Gasteiger partial charge in [0.1, 0.15) is 6.61 Å². The fourth-order valence-electron chi connectivity index (χ4n) is 3.76. The predicted molar refractivity (Wildman–Crippen MR) is 122 cm³/mol. The van der Waals surface area contributed by atoms with Gasteiger partial charge in [0.15, 0.2) is 23.1 Å². The van der Waals surface area contributed by atoms with Gasteiger partial charge in [0, 0.05) is 37.3 Å². The van der Waals surface area contributed by atoms with Crippen LogP contribution in [0.4, 0.5) is 8.78 Å². The van der Waals surface area contributed by atoms with Crippen molar-refractivity contribution in [3.05, 3.63) is 95.1 Å².